The lowest BCUT2D eigenvalue weighted by molar-refractivity contribution is -0.136. The Balaban J connectivity index is 0.835. The topological polar surface area (TPSA) is 199 Å². The molecule has 2 aromatic carbocycles. The van der Waals surface area contributed by atoms with Gasteiger partial charge in [-0.25, -0.2) is 0 Å². The van der Waals surface area contributed by atoms with Crippen LogP contribution in [0.3, 0.4) is 0 Å². The highest BCUT2D eigenvalue weighted by molar-refractivity contribution is 6.23. The first-order valence-electron chi connectivity index (χ1n) is 18.4. The van der Waals surface area contributed by atoms with Crippen molar-refractivity contribution in [3.05, 3.63) is 64.8 Å². The highest BCUT2D eigenvalue weighted by Gasteiger charge is 2.45. The van der Waals surface area contributed by atoms with Crippen LogP contribution in [-0.4, -0.2) is 119 Å². The first-order valence-corrected chi connectivity index (χ1v) is 18.4. The molecule has 1 aromatic heterocycles. The van der Waals surface area contributed by atoms with Gasteiger partial charge in [0.1, 0.15) is 6.04 Å². The highest BCUT2D eigenvalue weighted by Crippen LogP contribution is 2.34. The minimum Gasteiger partial charge on any atom is -0.371 e. The second kappa shape index (κ2) is 14.5. The lowest BCUT2D eigenvalue weighted by Crippen LogP contribution is -2.54. The van der Waals surface area contributed by atoms with Crippen LogP contribution in [0.5, 0.6) is 0 Å². The van der Waals surface area contributed by atoms with E-state index in [0.717, 1.165) is 94.4 Å². The summed E-state index contributed by atoms with van der Waals surface area (Å²) in [5.74, 6) is -0.959. The fourth-order valence-corrected chi connectivity index (χ4v) is 8.23. The first kappa shape index (κ1) is 34.6. The largest absolute Gasteiger partial charge is 0.371 e. The van der Waals surface area contributed by atoms with E-state index in [9.17, 15) is 24.0 Å². The minimum atomic E-state index is -0.970. The predicted molar refractivity (Wildman–Crippen MR) is 195 cm³/mol. The summed E-state index contributed by atoms with van der Waals surface area (Å²) < 4.78 is 0. The van der Waals surface area contributed by atoms with Gasteiger partial charge in [-0.1, -0.05) is 12.1 Å². The number of imide groups is 2. The lowest BCUT2D eigenvalue weighted by atomic mass is 9.89. The third-order valence-electron chi connectivity index (χ3n) is 11.1. The van der Waals surface area contributed by atoms with Crippen molar-refractivity contribution >= 4 is 52.7 Å². The molecular weight excluding hydrogens is 678 g/mol. The Morgan fingerprint density at radius 2 is 1.60 bits per heavy atom. The van der Waals surface area contributed by atoms with Crippen LogP contribution < -0.4 is 31.5 Å². The molecule has 2 unspecified atom stereocenters. The van der Waals surface area contributed by atoms with Gasteiger partial charge in [0.2, 0.25) is 17.8 Å². The third kappa shape index (κ3) is 7.03. The number of rotatable bonds is 9. The average molecular weight is 722 g/mol. The molecule has 4 saturated heterocycles. The van der Waals surface area contributed by atoms with Crippen LogP contribution in [0.25, 0.3) is 0 Å². The summed E-state index contributed by atoms with van der Waals surface area (Å²) in [6.45, 7) is 7.90. The van der Waals surface area contributed by atoms with Crippen molar-refractivity contribution in [2.75, 3.05) is 74.0 Å². The highest BCUT2D eigenvalue weighted by atomic mass is 16.2. The maximum Gasteiger partial charge on any atom is 0.273 e. The Kier molecular flexibility index (Phi) is 9.47. The monoisotopic (exact) mass is 721 g/mol. The zero-order chi connectivity index (χ0) is 36.6. The Hall–Kier alpha value is -5.48. The first-order chi connectivity index (χ1) is 25.7. The number of piperazine rings is 1. The molecular formula is C37H43N11O5. The quantitative estimate of drug-likeness (QED) is 0.230. The molecule has 0 aliphatic carbocycles. The van der Waals surface area contributed by atoms with Crippen molar-refractivity contribution in [1.82, 2.24) is 35.6 Å². The Morgan fingerprint density at radius 1 is 0.849 bits per heavy atom. The molecule has 5 aliphatic heterocycles. The lowest BCUT2D eigenvalue weighted by Gasteiger charge is -2.34. The molecule has 6 heterocycles. The Labute approximate surface area is 306 Å². The summed E-state index contributed by atoms with van der Waals surface area (Å²) in [4.78, 5) is 75.0. The fraction of sp³-hybridized carbons (Fsp3) is 0.459. The van der Waals surface area contributed by atoms with E-state index in [1.807, 2.05) is 23.1 Å². The summed E-state index contributed by atoms with van der Waals surface area (Å²) in [7, 11) is 0. The van der Waals surface area contributed by atoms with Gasteiger partial charge in [0.05, 0.1) is 11.1 Å². The number of anilines is 4. The summed E-state index contributed by atoms with van der Waals surface area (Å²) in [6.07, 6.45) is 3.39. The summed E-state index contributed by atoms with van der Waals surface area (Å²) in [6, 6.07) is 12.6. The number of nitrogens with two attached hydrogens (primary N) is 1. The summed E-state index contributed by atoms with van der Waals surface area (Å²) >= 11 is 0. The second-order valence-electron chi connectivity index (χ2n) is 14.5. The molecule has 0 saturated carbocycles. The SMILES string of the molecule is NC(=O)c1nnc(N2CCNCC2)nc1Nc1ccc(C2CCN(CC3CCN(c4ccc5c(c4)C(=O)N(C4CCC(=O)NC4=O)C5=O)C3)CC2)cc1. The van der Waals surface area contributed by atoms with Gasteiger partial charge in [-0.05, 0) is 86.5 Å². The molecule has 3 aromatic rings. The van der Waals surface area contributed by atoms with E-state index < -0.39 is 35.6 Å². The summed E-state index contributed by atoms with van der Waals surface area (Å²) in [5.41, 5.74) is 9.16. The molecule has 276 valence electrons. The number of likely N-dealkylation sites (tertiary alicyclic amines) is 1. The van der Waals surface area contributed by atoms with Crippen molar-refractivity contribution in [2.24, 2.45) is 11.7 Å². The second-order valence-corrected chi connectivity index (χ2v) is 14.5. The number of primary amides is 1. The van der Waals surface area contributed by atoms with Crippen LogP contribution in [-0.2, 0) is 9.59 Å². The van der Waals surface area contributed by atoms with Gasteiger partial charge < -0.3 is 31.1 Å². The summed E-state index contributed by atoms with van der Waals surface area (Å²) in [5, 5.41) is 17.0. The number of fused-ring (bicyclic) bond motifs is 1. The maximum absolute atomic E-state index is 13.3. The molecule has 16 heteroatoms. The molecule has 0 spiro atoms. The van der Waals surface area contributed by atoms with Crippen LogP contribution >= 0.6 is 0 Å². The van der Waals surface area contributed by atoms with Crippen LogP contribution in [0.1, 0.15) is 74.8 Å². The molecule has 16 nitrogen and oxygen atoms in total. The van der Waals surface area contributed by atoms with E-state index in [1.165, 1.54) is 5.56 Å². The molecule has 5 N–H and O–H groups in total. The number of aromatic nitrogens is 3. The van der Waals surface area contributed by atoms with Gasteiger partial charge in [0, 0.05) is 63.6 Å². The van der Waals surface area contributed by atoms with E-state index in [1.54, 1.807) is 12.1 Å². The Bertz CT molecular complexity index is 1940. The van der Waals surface area contributed by atoms with E-state index in [4.69, 9.17) is 5.73 Å². The van der Waals surface area contributed by atoms with Crippen molar-refractivity contribution in [3.63, 3.8) is 0 Å². The predicted octanol–water partition coefficient (Wildman–Crippen LogP) is 1.23. The number of nitrogens with zero attached hydrogens (tertiary/aromatic N) is 7. The van der Waals surface area contributed by atoms with E-state index in [2.05, 4.69) is 53.1 Å². The molecule has 5 aliphatic rings. The van der Waals surface area contributed by atoms with Crippen molar-refractivity contribution in [1.29, 1.82) is 0 Å². The van der Waals surface area contributed by atoms with Crippen LogP contribution in [0.15, 0.2) is 42.5 Å². The van der Waals surface area contributed by atoms with Crippen molar-refractivity contribution in [2.45, 2.75) is 44.1 Å². The van der Waals surface area contributed by atoms with E-state index in [-0.39, 0.29) is 18.5 Å². The minimum absolute atomic E-state index is 0.00274. The standard InChI is InChI=1S/C37H43N11O5/c38-32(50)31-33(42-37(44-43-31)46-17-12-39-13-18-46)40-25-3-1-23(2-4-25)24-10-14-45(15-11-24)20-22-9-16-47(21-22)26-5-6-27-28(19-26)36(53)48(35(27)52)29-7-8-30(49)41-34(29)51/h1-6,19,22,24,29,39H,7-18,20-21H2,(H2,38,50)(H,40,42,44)(H,41,49,51). The van der Waals surface area contributed by atoms with Gasteiger partial charge in [-0.15, -0.1) is 10.2 Å². The van der Waals surface area contributed by atoms with Gasteiger partial charge in [0.25, 0.3) is 17.7 Å². The molecule has 53 heavy (non-hydrogen) atoms. The van der Waals surface area contributed by atoms with Crippen molar-refractivity contribution < 1.29 is 24.0 Å². The average Bonchev–Trinajstić information content (AvgIpc) is 3.74. The van der Waals surface area contributed by atoms with Crippen molar-refractivity contribution in [3.8, 4) is 0 Å². The number of nitrogens with one attached hydrogen (secondary N) is 3. The van der Waals surface area contributed by atoms with Crippen LogP contribution in [0.2, 0.25) is 0 Å². The van der Waals surface area contributed by atoms with Gasteiger partial charge in [-0.3, -0.25) is 34.2 Å². The Morgan fingerprint density at radius 3 is 2.34 bits per heavy atom. The van der Waals surface area contributed by atoms with Crippen LogP contribution in [0, 0.1) is 5.92 Å². The number of hydrogen-bond donors (Lipinski definition) is 4. The van der Waals surface area contributed by atoms with Gasteiger partial charge >= 0.3 is 0 Å². The number of carbonyl (C=O) groups excluding carboxylic acids is 5. The molecule has 5 amide bonds. The zero-order valence-corrected chi connectivity index (χ0v) is 29.4. The molecule has 4 fully saturated rings. The number of hydrogen-bond acceptors (Lipinski definition) is 13. The molecule has 0 radical (unpaired) electrons. The normalized spacial score (nSPS) is 22.7. The smallest absolute Gasteiger partial charge is 0.273 e. The number of piperidine rings is 2. The van der Waals surface area contributed by atoms with Crippen LogP contribution in [0.4, 0.5) is 23.1 Å². The van der Waals surface area contributed by atoms with Gasteiger partial charge in [-0.2, -0.15) is 4.98 Å². The number of amides is 5. The van der Waals surface area contributed by atoms with E-state index >= 15 is 0 Å². The molecule has 8 rings (SSSR count). The number of benzene rings is 2. The third-order valence-corrected chi connectivity index (χ3v) is 11.1. The molecule has 2 atom stereocenters. The maximum atomic E-state index is 13.3. The van der Waals surface area contributed by atoms with Gasteiger partial charge in [0.15, 0.2) is 11.5 Å². The fourth-order valence-electron chi connectivity index (χ4n) is 8.23. The zero-order valence-electron chi connectivity index (χ0n) is 29.4. The molecule has 0 bridgehead atoms. The number of carbonyl (C=O) groups is 5. The van der Waals surface area contributed by atoms with E-state index in [0.29, 0.717) is 34.7 Å².